The lowest BCUT2D eigenvalue weighted by atomic mass is 9.88. The number of benzene rings is 2. The van der Waals surface area contributed by atoms with E-state index in [2.05, 4.69) is 5.32 Å². The number of imide groups is 1. The summed E-state index contributed by atoms with van der Waals surface area (Å²) < 4.78 is 0. The first-order chi connectivity index (χ1) is 13.3. The Morgan fingerprint density at radius 3 is 2.18 bits per heavy atom. The highest BCUT2D eigenvalue weighted by Gasteiger charge is 2.33. The molecule has 1 aliphatic heterocycles. The molecule has 0 saturated carbocycles. The van der Waals surface area contributed by atoms with Gasteiger partial charge in [0.15, 0.2) is 0 Å². The van der Waals surface area contributed by atoms with Crippen molar-refractivity contribution >= 4 is 28.5 Å². The van der Waals surface area contributed by atoms with Crippen molar-refractivity contribution in [3.05, 3.63) is 47.5 Å². The van der Waals surface area contributed by atoms with Crippen molar-refractivity contribution in [2.45, 2.75) is 39.2 Å². The van der Waals surface area contributed by atoms with Crippen LogP contribution in [-0.4, -0.2) is 41.2 Å². The molecule has 1 atom stereocenters. The highest BCUT2D eigenvalue weighted by atomic mass is 16.2. The van der Waals surface area contributed by atoms with Crippen molar-refractivity contribution in [1.29, 1.82) is 0 Å². The van der Waals surface area contributed by atoms with Gasteiger partial charge in [0.1, 0.15) is 0 Å². The number of rotatable bonds is 7. The Morgan fingerprint density at radius 2 is 1.68 bits per heavy atom. The van der Waals surface area contributed by atoms with Gasteiger partial charge in [-0.05, 0) is 36.8 Å². The summed E-state index contributed by atoms with van der Waals surface area (Å²) >= 11 is 0. The van der Waals surface area contributed by atoms with Crippen LogP contribution in [0.2, 0.25) is 0 Å². The molecule has 2 aromatic rings. The summed E-state index contributed by atoms with van der Waals surface area (Å²) in [4.78, 5) is 39.3. The maximum atomic E-state index is 12.8. The first kappa shape index (κ1) is 20.0. The van der Waals surface area contributed by atoms with Crippen LogP contribution in [0.15, 0.2) is 36.4 Å². The van der Waals surface area contributed by atoms with E-state index in [4.69, 9.17) is 5.73 Å². The monoisotopic (exact) mass is 381 g/mol. The quantitative estimate of drug-likeness (QED) is 0.721. The van der Waals surface area contributed by atoms with Gasteiger partial charge in [-0.25, -0.2) is 0 Å². The zero-order valence-corrected chi connectivity index (χ0v) is 16.6. The molecule has 0 aromatic heterocycles. The van der Waals surface area contributed by atoms with Gasteiger partial charge in [-0.3, -0.25) is 19.3 Å². The first-order valence-corrected chi connectivity index (χ1v) is 9.67. The predicted octanol–water partition coefficient (Wildman–Crippen LogP) is 2.71. The first-order valence-electron chi connectivity index (χ1n) is 9.67. The van der Waals surface area contributed by atoms with Crippen LogP contribution < -0.4 is 11.1 Å². The molecular weight excluding hydrogens is 354 g/mol. The maximum absolute atomic E-state index is 12.8. The number of hydrogen-bond acceptors (Lipinski definition) is 4. The Labute approximate surface area is 165 Å². The third-order valence-corrected chi connectivity index (χ3v) is 5.76. The van der Waals surface area contributed by atoms with Crippen LogP contribution in [0.25, 0.3) is 10.8 Å². The maximum Gasteiger partial charge on any atom is 0.261 e. The summed E-state index contributed by atoms with van der Waals surface area (Å²) in [5, 5.41) is 4.57. The lowest BCUT2D eigenvalue weighted by molar-refractivity contribution is -0.123. The second-order valence-electron chi connectivity index (χ2n) is 7.90. The van der Waals surface area contributed by atoms with E-state index >= 15 is 0 Å². The van der Waals surface area contributed by atoms with E-state index in [1.54, 1.807) is 12.1 Å². The molecule has 1 heterocycles. The van der Waals surface area contributed by atoms with Crippen LogP contribution in [0.5, 0.6) is 0 Å². The number of nitrogens with zero attached hydrogens (tertiary/aromatic N) is 1. The Balaban J connectivity index is 1.69. The van der Waals surface area contributed by atoms with Crippen LogP contribution >= 0.6 is 0 Å². The minimum Gasteiger partial charge on any atom is -0.349 e. The number of nitrogens with one attached hydrogen (secondary N) is 1. The molecule has 2 aromatic carbocycles. The second-order valence-corrected chi connectivity index (χ2v) is 7.90. The average molecular weight is 381 g/mol. The molecule has 0 bridgehead atoms. The number of carbonyl (C=O) groups is 3. The van der Waals surface area contributed by atoms with Crippen LogP contribution in [-0.2, 0) is 4.79 Å². The molecule has 3 rings (SSSR count). The van der Waals surface area contributed by atoms with Crippen molar-refractivity contribution in [2.75, 3.05) is 13.1 Å². The summed E-state index contributed by atoms with van der Waals surface area (Å²) in [6, 6.07) is 10.9. The fraction of sp³-hybridized carbons (Fsp3) is 0.409. The zero-order chi connectivity index (χ0) is 20.5. The van der Waals surface area contributed by atoms with Crippen molar-refractivity contribution in [3.8, 4) is 0 Å². The predicted molar refractivity (Wildman–Crippen MR) is 109 cm³/mol. The minimum absolute atomic E-state index is 0.124. The molecule has 1 unspecified atom stereocenters. The average Bonchev–Trinajstić information content (AvgIpc) is 2.68. The molecule has 3 N–H and O–H groups in total. The van der Waals surface area contributed by atoms with Crippen LogP contribution in [0, 0.1) is 5.92 Å². The van der Waals surface area contributed by atoms with Gasteiger partial charge in [-0.2, -0.15) is 0 Å². The molecule has 0 aliphatic carbocycles. The molecule has 0 spiro atoms. The summed E-state index contributed by atoms with van der Waals surface area (Å²) in [7, 11) is 0. The standard InChI is InChI=1S/C22H27N3O3/c1-14(2)22(3,13-23)24-18(26)11-6-12-25-20(27)16-9-4-7-15-8-5-10-17(19(15)16)21(25)28/h4-5,7-10,14H,6,11-13,23H2,1-3H3,(H,24,26). The number of amides is 3. The van der Waals surface area contributed by atoms with Crippen molar-refractivity contribution < 1.29 is 14.4 Å². The summed E-state index contributed by atoms with van der Waals surface area (Å²) in [5.74, 6) is -0.530. The van der Waals surface area contributed by atoms with E-state index in [1.807, 2.05) is 45.0 Å². The van der Waals surface area contributed by atoms with Gasteiger partial charge in [-0.15, -0.1) is 0 Å². The fourth-order valence-corrected chi connectivity index (χ4v) is 3.49. The van der Waals surface area contributed by atoms with E-state index in [0.29, 0.717) is 29.5 Å². The third-order valence-electron chi connectivity index (χ3n) is 5.76. The minimum atomic E-state index is -0.470. The number of carbonyl (C=O) groups excluding carboxylic acids is 3. The van der Waals surface area contributed by atoms with Crippen LogP contribution in [0.4, 0.5) is 0 Å². The normalized spacial score (nSPS) is 15.8. The van der Waals surface area contributed by atoms with Crippen molar-refractivity contribution in [2.24, 2.45) is 11.7 Å². The van der Waals surface area contributed by atoms with Gasteiger partial charge < -0.3 is 11.1 Å². The van der Waals surface area contributed by atoms with Crippen molar-refractivity contribution in [1.82, 2.24) is 10.2 Å². The molecule has 0 radical (unpaired) electrons. The molecule has 0 fully saturated rings. The van der Waals surface area contributed by atoms with Crippen molar-refractivity contribution in [3.63, 3.8) is 0 Å². The SMILES string of the molecule is CC(C)C(C)(CN)NC(=O)CCCN1C(=O)c2cccc3cccc(c23)C1=O. The zero-order valence-electron chi connectivity index (χ0n) is 16.6. The molecule has 6 nitrogen and oxygen atoms in total. The largest absolute Gasteiger partial charge is 0.349 e. The summed E-state index contributed by atoms with van der Waals surface area (Å²) in [6.07, 6.45) is 0.630. The lowest BCUT2D eigenvalue weighted by Gasteiger charge is -2.33. The van der Waals surface area contributed by atoms with Crippen LogP contribution in [0.3, 0.4) is 0 Å². The fourth-order valence-electron chi connectivity index (χ4n) is 3.49. The van der Waals surface area contributed by atoms with E-state index in [0.717, 1.165) is 5.39 Å². The molecule has 148 valence electrons. The number of hydrogen-bond donors (Lipinski definition) is 2. The molecule has 6 heteroatoms. The molecular formula is C22H27N3O3. The lowest BCUT2D eigenvalue weighted by Crippen LogP contribution is -2.55. The van der Waals surface area contributed by atoms with Gasteiger partial charge in [-0.1, -0.05) is 38.1 Å². The third kappa shape index (κ3) is 3.52. The highest BCUT2D eigenvalue weighted by Crippen LogP contribution is 2.30. The topological polar surface area (TPSA) is 92.5 Å². The Hall–Kier alpha value is -2.73. The van der Waals surface area contributed by atoms with Crippen LogP contribution in [0.1, 0.15) is 54.3 Å². The molecule has 0 saturated heterocycles. The summed E-state index contributed by atoms with van der Waals surface area (Å²) in [6.45, 7) is 6.49. The van der Waals surface area contributed by atoms with E-state index in [-0.39, 0.29) is 36.6 Å². The van der Waals surface area contributed by atoms with Gasteiger partial charge in [0, 0.05) is 36.0 Å². The second kappa shape index (κ2) is 7.72. The molecule has 28 heavy (non-hydrogen) atoms. The Bertz CT molecular complexity index is 887. The van der Waals surface area contributed by atoms with Gasteiger partial charge in [0.25, 0.3) is 11.8 Å². The molecule has 1 aliphatic rings. The highest BCUT2D eigenvalue weighted by molar-refractivity contribution is 6.25. The number of nitrogens with two attached hydrogens (primary N) is 1. The molecule has 3 amide bonds. The van der Waals surface area contributed by atoms with E-state index < -0.39 is 5.54 Å². The Morgan fingerprint density at radius 1 is 1.11 bits per heavy atom. The Kier molecular flexibility index (Phi) is 5.52. The van der Waals surface area contributed by atoms with E-state index in [1.165, 1.54) is 4.90 Å². The van der Waals surface area contributed by atoms with Gasteiger partial charge in [0.2, 0.25) is 5.91 Å². The van der Waals surface area contributed by atoms with Gasteiger partial charge >= 0.3 is 0 Å². The smallest absolute Gasteiger partial charge is 0.261 e. The summed E-state index contributed by atoms with van der Waals surface area (Å²) in [5.41, 5.74) is 6.41. The van der Waals surface area contributed by atoms with Gasteiger partial charge in [0.05, 0.1) is 5.54 Å². The van der Waals surface area contributed by atoms with E-state index in [9.17, 15) is 14.4 Å².